The normalized spacial score (nSPS) is 19.6. The molecule has 25 heteroatoms. The number of nitrogens with zero attached hydrogens (tertiary/aromatic N) is 5. The molecule has 17 nitrogen and oxygen atoms in total. The van der Waals surface area contributed by atoms with E-state index < -0.39 is 28.7 Å². The maximum atomic E-state index is 15.5. The van der Waals surface area contributed by atoms with E-state index in [0.717, 1.165) is 147 Å². The number of nitrogens with one attached hydrogen (secondary N) is 4. The Morgan fingerprint density at radius 1 is 0.791 bits per heavy atom. The Kier molecular flexibility index (Phi) is 27.8. The van der Waals surface area contributed by atoms with E-state index in [-0.39, 0.29) is 82.8 Å². The van der Waals surface area contributed by atoms with Crippen LogP contribution in [0.3, 0.4) is 0 Å². The summed E-state index contributed by atoms with van der Waals surface area (Å²) in [6.07, 6.45) is 9.26. The summed E-state index contributed by atoms with van der Waals surface area (Å²) in [7, 11) is -4.16. The molecule has 3 amide bonds. The molecule has 1 spiro atoms. The minimum Gasteiger partial charge on any atom is -0.412 e. The number of morpholine rings is 1. The number of hydrogen-bond donors (Lipinski definition) is 4. The monoisotopic (exact) mass is 1350 g/mol. The summed E-state index contributed by atoms with van der Waals surface area (Å²) in [6.45, 7) is 10.4. The van der Waals surface area contributed by atoms with Crippen LogP contribution in [0, 0.1) is 29.9 Å². The molecular formula is C66H82ClF4N9O8S2Sc-2. The largest absolute Gasteiger partial charge is 0.412 e. The van der Waals surface area contributed by atoms with Gasteiger partial charge in [-0.3, -0.25) is 34.2 Å². The van der Waals surface area contributed by atoms with Gasteiger partial charge in [0, 0.05) is 143 Å². The average molecular weight is 1350 g/mol. The number of rotatable bonds is 20. The maximum absolute atomic E-state index is 15.5. The van der Waals surface area contributed by atoms with Crippen molar-refractivity contribution in [2.45, 2.75) is 86.1 Å². The Bertz CT molecular complexity index is 3280. The number of benzene rings is 5. The zero-order valence-electron chi connectivity index (χ0n) is 51.1. The van der Waals surface area contributed by atoms with Crippen molar-refractivity contribution in [3.05, 3.63) is 156 Å². The van der Waals surface area contributed by atoms with Gasteiger partial charge in [0.15, 0.2) is 6.68 Å². The number of imide groups is 1. The Morgan fingerprint density at radius 2 is 1.48 bits per heavy atom. The second kappa shape index (κ2) is 34.7. The zero-order valence-corrected chi connectivity index (χ0v) is 55.2. The summed E-state index contributed by atoms with van der Waals surface area (Å²) < 4.78 is 79.1. The van der Waals surface area contributed by atoms with Crippen LogP contribution in [0.4, 0.5) is 40.3 Å². The summed E-state index contributed by atoms with van der Waals surface area (Å²) in [5.41, 5.74) is 7.62. The topological polar surface area (TPSA) is 222 Å². The first-order valence-electron chi connectivity index (χ1n) is 30.6. The molecule has 0 bridgehead atoms. The van der Waals surface area contributed by atoms with E-state index in [2.05, 4.69) is 75.5 Å². The fraction of sp³-hybridized carbons (Fsp3) is 0.455. The Balaban J connectivity index is 0.00000163. The molecular weight excluding hydrogens is 1270 g/mol. The predicted molar refractivity (Wildman–Crippen MR) is 347 cm³/mol. The molecule has 91 heavy (non-hydrogen) atoms. The van der Waals surface area contributed by atoms with Gasteiger partial charge in [-0.25, -0.2) is 12.8 Å². The number of carbonyl (C=O) groups excluding carboxylic acids is 3. The second-order valence-electron chi connectivity index (χ2n) is 23.9. The number of thioether (sulfide) groups is 1. The average Bonchev–Trinajstić information content (AvgIpc) is 0.838. The number of sulfonamides is 1. The van der Waals surface area contributed by atoms with Gasteiger partial charge in [-0.2, -0.15) is 18.2 Å². The van der Waals surface area contributed by atoms with Gasteiger partial charge < -0.3 is 54.2 Å². The van der Waals surface area contributed by atoms with Crippen molar-refractivity contribution in [3.63, 3.8) is 0 Å². The molecule has 11 rings (SSSR count). The van der Waals surface area contributed by atoms with Crippen molar-refractivity contribution in [2.24, 2.45) is 11.3 Å². The molecule has 5 heterocycles. The fourth-order valence-corrected chi connectivity index (χ4v) is 15.1. The molecule has 2 atom stereocenters. The van der Waals surface area contributed by atoms with Crippen LogP contribution in [0.25, 0.3) is 5.57 Å². The molecule has 5 aliphatic heterocycles. The minimum absolute atomic E-state index is 0. The number of anilines is 4. The van der Waals surface area contributed by atoms with E-state index >= 15 is 4.39 Å². The number of hydrogen-bond acceptors (Lipinski definition) is 14. The van der Waals surface area contributed by atoms with Crippen molar-refractivity contribution in [2.75, 3.05) is 124 Å². The van der Waals surface area contributed by atoms with Crippen molar-refractivity contribution < 1.29 is 81.9 Å². The van der Waals surface area contributed by atoms with Gasteiger partial charge in [-0.1, -0.05) is 53.2 Å². The number of allylic oxidation sites excluding steroid dienone is 1. The second-order valence-corrected chi connectivity index (χ2v) is 27.1. The summed E-state index contributed by atoms with van der Waals surface area (Å²) in [5.74, 6) is -0.249. The molecule has 5 fully saturated rings. The first-order valence-corrected chi connectivity index (χ1v) is 33.4. The summed E-state index contributed by atoms with van der Waals surface area (Å²) >= 11 is 8.18. The standard InChI is InChI=1S/C65H78ClFN9O6S2.CF3.2H2O.Sc/c66-51-10-6-48(7-11-51)58-22-26-65(27-32-73(33-28-65)44-47-23-30-76(31-24-47)61-20-14-53(42-59(61)67)69-60-19-21-62(77)70-64(60)79)43-50(58)45-74-34-36-75(37-35-74)55-15-8-49(9-16-55)63(78)71-84(80,81)57-17-12-52(13-18-57)68-54(25-29-72-38-40-82-41-39-72)46-83-56-4-2-1-3-5-56;2-1(3)4;;;/h1-12,14-18,20,42,47,54,60,68-69H,19,21-41,43-46H2,(H,71,78)(H,70,77,79);;2*1H2;/q2*-1;;;/t54-,60?;;;;/m1..../s1. The third-order valence-corrected chi connectivity index (χ3v) is 20.8. The van der Waals surface area contributed by atoms with Crippen LogP contribution in [0.15, 0.2) is 131 Å². The summed E-state index contributed by atoms with van der Waals surface area (Å²) in [4.78, 5) is 50.6. The van der Waals surface area contributed by atoms with Gasteiger partial charge in [-0.15, -0.1) is 17.8 Å². The quantitative estimate of drug-likeness (QED) is 0.0247. The smallest absolute Gasteiger partial charge is 0.264 e. The molecule has 6 aliphatic rings. The molecule has 1 aliphatic carbocycles. The van der Waals surface area contributed by atoms with Gasteiger partial charge in [0.05, 0.1) is 18.9 Å². The van der Waals surface area contributed by atoms with Crippen LogP contribution < -0.4 is 30.5 Å². The number of piperazine rings is 1. The van der Waals surface area contributed by atoms with Gasteiger partial charge >= 0.3 is 0 Å². The van der Waals surface area contributed by atoms with Crippen molar-refractivity contribution in [1.29, 1.82) is 0 Å². The van der Waals surface area contributed by atoms with E-state index in [0.29, 0.717) is 29.4 Å². The molecule has 0 aromatic heterocycles. The van der Waals surface area contributed by atoms with E-state index in [9.17, 15) is 36.0 Å². The predicted octanol–water partition coefficient (Wildman–Crippen LogP) is 9.36. The van der Waals surface area contributed by atoms with E-state index in [1.165, 1.54) is 59.1 Å². The van der Waals surface area contributed by atoms with Crippen LogP contribution in [-0.4, -0.2) is 168 Å². The Morgan fingerprint density at radius 3 is 2.13 bits per heavy atom. The van der Waals surface area contributed by atoms with Crippen LogP contribution >= 0.6 is 23.4 Å². The number of carbonyl (C=O) groups is 3. The van der Waals surface area contributed by atoms with Crippen LogP contribution in [-0.2, 0) is 50.2 Å². The van der Waals surface area contributed by atoms with E-state index in [4.69, 9.17) is 16.3 Å². The third-order valence-electron chi connectivity index (χ3n) is 18.1. The van der Waals surface area contributed by atoms with Crippen molar-refractivity contribution in [3.8, 4) is 0 Å². The molecule has 1 unspecified atom stereocenters. The SMILES string of the molecule is F[C-](F)F.O.O.O=C1CCC(Nc2ccc(N3CCC(CN4CCC5(CCC(c6ccc(Cl)cc6)=C(CN6CCN(c7ccc(C(=O)NS(=O)(=O)c8c[c-]c(N[C@H](CCN9CCOCC9)CSc9ccccc9)cc8)cc7)CC6)C5)CC4)CC3)c(F)c2)C(=O)N1.[Sc]. The van der Waals surface area contributed by atoms with Gasteiger partial charge in [0.1, 0.15) is 11.9 Å². The summed E-state index contributed by atoms with van der Waals surface area (Å²) in [6, 6.07) is 38.3. The maximum Gasteiger partial charge on any atom is 0.264 e. The number of piperidine rings is 3. The van der Waals surface area contributed by atoms with Crippen molar-refractivity contribution in [1.82, 2.24) is 24.7 Å². The Hall–Kier alpha value is -5.41. The zero-order chi connectivity index (χ0) is 61.6. The van der Waals surface area contributed by atoms with Gasteiger partial charge in [-0.05, 0) is 165 Å². The molecule has 491 valence electrons. The molecule has 5 saturated heterocycles. The van der Waals surface area contributed by atoms with Gasteiger partial charge in [0.2, 0.25) is 21.8 Å². The first-order chi connectivity index (χ1) is 42.5. The van der Waals surface area contributed by atoms with Crippen LogP contribution in [0.1, 0.15) is 80.1 Å². The fourth-order valence-electron chi connectivity index (χ4n) is 13.1. The van der Waals surface area contributed by atoms with Crippen LogP contribution in [0.5, 0.6) is 0 Å². The molecule has 1 radical (unpaired) electrons. The van der Waals surface area contributed by atoms with Crippen LogP contribution in [0.2, 0.25) is 5.02 Å². The first kappa shape index (κ1) is 73.0. The third kappa shape index (κ3) is 20.8. The number of amides is 3. The Labute approximate surface area is 559 Å². The molecule has 8 N–H and O–H groups in total. The minimum atomic E-state index is -4.16. The number of likely N-dealkylation sites (tertiary alicyclic amines) is 1. The number of halogens is 5. The molecule has 5 aromatic carbocycles. The number of ether oxygens (including phenoxy) is 1. The van der Waals surface area contributed by atoms with E-state index in [1.807, 2.05) is 48.5 Å². The van der Waals surface area contributed by atoms with Gasteiger partial charge in [0.25, 0.3) is 5.91 Å². The molecule has 0 saturated carbocycles. The van der Waals surface area contributed by atoms with E-state index in [1.54, 1.807) is 36.0 Å². The molecule has 5 aromatic rings. The van der Waals surface area contributed by atoms with Crippen molar-refractivity contribution >= 4 is 79.4 Å². The summed E-state index contributed by atoms with van der Waals surface area (Å²) in [5, 5.41) is 9.77.